The van der Waals surface area contributed by atoms with E-state index in [4.69, 9.17) is 4.42 Å². The van der Waals surface area contributed by atoms with Gasteiger partial charge in [-0.15, -0.1) is 5.10 Å². The first kappa shape index (κ1) is 28.1. The first-order valence-corrected chi connectivity index (χ1v) is 13.1. The number of likely N-dealkylation sites (N-methyl/N-ethyl adjacent to an activating group) is 1. The van der Waals surface area contributed by atoms with Crippen molar-refractivity contribution < 1.29 is 14.0 Å². The van der Waals surface area contributed by atoms with Gasteiger partial charge in [-0.3, -0.25) is 14.6 Å². The van der Waals surface area contributed by atoms with E-state index in [0.29, 0.717) is 37.4 Å². The Hall–Kier alpha value is -3.96. The number of nitrogens with zero attached hydrogens (tertiary/aromatic N) is 5. The van der Waals surface area contributed by atoms with Crippen LogP contribution in [-0.4, -0.2) is 75.8 Å². The van der Waals surface area contributed by atoms with Crippen LogP contribution in [0, 0.1) is 6.92 Å². The number of carbonyl (C=O) groups is 2. The fourth-order valence-corrected chi connectivity index (χ4v) is 4.42. The van der Waals surface area contributed by atoms with Crippen molar-refractivity contribution in [3.05, 3.63) is 69.7 Å². The van der Waals surface area contributed by atoms with Crippen LogP contribution in [0.15, 0.2) is 51.7 Å². The molecule has 0 saturated heterocycles. The molecule has 0 spiro atoms. The standard InChI is InChI=1S/C28H37N7O4/c1-19(2)29-12-13-34(18-26(37)33(5)35-16-22-8-6-7-9-23(22)17-35)25(36)15-30-24-14-21(11-10-20(24)3)27-31-32(4)28(38)39-27/h6-11,14,19,29-30H,12-13,15-18H2,1-5H3. The first-order valence-electron chi connectivity index (χ1n) is 13.1. The van der Waals surface area contributed by atoms with E-state index >= 15 is 0 Å². The van der Waals surface area contributed by atoms with Gasteiger partial charge in [0.2, 0.25) is 11.8 Å². The van der Waals surface area contributed by atoms with Gasteiger partial charge < -0.3 is 20.0 Å². The van der Waals surface area contributed by atoms with E-state index in [2.05, 4.69) is 27.9 Å². The van der Waals surface area contributed by atoms with E-state index in [9.17, 15) is 14.4 Å². The Morgan fingerprint density at radius 1 is 1.10 bits per heavy atom. The molecule has 4 rings (SSSR count). The third kappa shape index (κ3) is 6.92. The predicted molar refractivity (Wildman–Crippen MR) is 149 cm³/mol. The molecule has 0 saturated carbocycles. The maximum atomic E-state index is 13.3. The van der Waals surface area contributed by atoms with Crippen LogP contribution in [0.2, 0.25) is 0 Å². The summed E-state index contributed by atoms with van der Waals surface area (Å²) < 4.78 is 6.32. The Morgan fingerprint density at radius 3 is 2.41 bits per heavy atom. The molecular formula is C28H37N7O4. The molecule has 3 aromatic rings. The zero-order valence-corrected chi connectivity index (χ0v) is 23.2. The van der Waals surface area contributed by atoms with E-state index in [1.165, 1.54) is 18.2 Å². The summed E-state index contributed by atoms with van der Waals surface area (Å²) in [6, 6.07) is 13.9. The monoisotopic (exact) mass is 535 g/mol. The summed E-state index contributed by atoms with van der Waals surface area (Å²) in [5.74, 6) is -0.686. The normalized spacial score (nSPS) is 13.0. The molecule has 0 aliphatic carbocycles. The highest BCUT2D eigenvalue weighted by molar-refractivity contribution is 5.87. The molecule has 1 aliphatic rings. The summed E-state index contributed by atoms with van der Waals surface area (Å²) >= 11 is 0. The number of benzene rings is 2. The summed E-state index contributed by atoms with van der Waals surface area (Å²) in [5, 5.41) is 14.2. The molecule has 2 amide bonds. The van der Waals surface area contributed by atoms with E-state index in [0.717, 1.165) is 10.2 Å². The molecule has 0 bridgehead atoms. The minimum absolute atomic E-state index is 0.00425. The van der Waals surface area contributed by atoms with Crippen molar-refractivity contribution in [2.75, 3.05) is 38.5 Å². The molecule has 39 heavy (non-hydrogen) atoms. The summed E-state index contributed by atoms with van der Waals surface area (Å²) in [6.07, 6.45) is 0. The molecule has 1 aliphatic heterocycles. The average Bonchev–Trinajstić information content (AvgIpc) is 3.49. The lowest BCUT2D eigenvalue weighted by molar-refractivity contribution is -0.151. The second kappa shape index (κ2) is 12.3. The second-order valence-electron chi connectivity index (χ2n) is 10.1. The van der Waals surface area contributed by atoms with Crippen LogP contribution < -0.4 is 16.4 Å². The molecule has 11 heteroatoms. The van der Waals surface area contributed by atoms with E-state index < -0.39 is 5.76 Å². The van der Waals surface area contributed by atoms with Crippen molar-refractivity contribution in [1.29, 1.82) is 0 Å². The molecule has 0 radical (unpaired) electrons. The predicted octanol–water partition coefficient (Wildman–Crippen LogP) is 1.98. The van der Waals surface area contributed by atoms with Gasteiger partial charge in [0, 0.05) is 57.6 Å². The lowest BCUT2D eigenvalue weighted by atomic mass is 10.1. The average molecular weight is 536 g/mol. The fourth-order valence-electron chi connectivity index (χ4n) is 4.42. The van der Waals surface area contributed by atoms with Gasteiger partial charge in [0.25, 0.3) is 5.91 Å². The van der Waals surface area contributed by atoms with Gasteiger partial charge >= 0.3 is 5.76 Å². The van der Waals surface area contributed by atoms with Crippen LogP contribution in [-0.2, 0) is 29.7 Å². The first-order chi connectivity index (χ1) is 18.6. The van der Waals surface area contributed by atoms with Gasteiger partial charge in [-0.1, -0.05) is 44.2 Å². The Kier molecular flexibility index (Phi) is 8.82. The van der Waals surface area contributed by atoms with Crippen LogP contribution in [0.5, 0.6) is 0 Å². The van der Waals surface area contributed by atoms with Gasteiger partial charge in [-0.25, -0.2) is 9.80 Å². The maximum Gasteiger partial charge on any atom is 0.437 e. The highest BCUT2D eigenvalue weighted by Gasteiger charge is 2.27. The number of aryl methyl sites for hydroxylation is 2. The van der Waals surface area contributed by atoms with Crippen molar-refractivity contribution in [3.63, 3.8) is 0 Å². The third-order valence-electron chi connectivity index (χ3n) is 6.83. The molecule has 0 atom stereocenters. The molecule has 2 aromatic carbocycles. The number of anilines is 1. The van der Waals surface area contributed by atoms with Crippen LogP contribution >= 0.6 is 0 Å². The van der Waals surface area contributed by atoms with Gasteiger partial charge in [-0.2, -0.15) is 4.68 Å². The molecule has 11 nitrogen and oxygen atoms in total. The van der Waals surface area contributed by atoms with Crippen LogP contribution in [0.25, 0.3) is 11.5 Å². The Morgan fingerprint density at radius 2 is 1.79 bits per heavy atom. The van der Waals surface area contributed by atoms with Crippen molar-refractivity contribution in [2.45, 2.75) is 39.9 Å². The second-order valence-corrected chi connectivity index (χ2v) is 10.1. The fraction of sp³-hybridized carbons (Fsp3) is 0.429. The highest BCUT2D eigenvalue weighted by atomic mass is 16.4. The van der Waals surface area contributed by atoms with Crippen LogP contribution in [0.1, 0.15) is 30.5 Å². The number of hydrogen-bond acceptors (Lipinski definition) is 8. The van der Waals surface area contributed by atoms with Gasteiger partial charge in [0.15, 0.2) is 0 Å². The van der Waals surface area contributed by atoms with Gasteiger partial charge in [0.05, 0.1) is 6.54 Å². The molecule has 0 unspecified atom stereocenters. The minimum Gasteiger partial charge on any atom is -0.388 e. The molecule has 208 valence electrons. The number of fused-ring (bicyclic) bond motifs is 1. The van der Waals surface area contributed by atoms with Crippen molar-refractivity contribution in [1.82, 2.24) is 30.0 Å². The number of hydrogen-bond donors (Lipinski definition) is 2. The minimum atomic E-state index is -0.548. The molecule has 2 N–H and O–H groups in total. The lowest BCUT2D eigenvalue weighted by Gasteiger charge is -2.31. The number of amides is 2. The summed E-state index contributed by atoms with van der Waals surface area (Å²) in [4.78, 5) is 39.9. The van der Waals surface area contributed by atoms with Crippen molar-refractivity contribution in [2.24, 2.45) is 7.05 Å². The van der Waals surface area contributed by atoms with Crippen molar-refractivity contribution in [3.8, 4) is 11.5 Å². The SMILES string of the molecule is Cc1ccc(-c2nn(C)c(=O)o2)cc1NCC(=O)N(CCNC(C)C)CC(=O)N(C)N1Cc2ccccc2C1. The number of carbonyl (C=O) groups excluding carboxylic acids is 2. The number of nitrogens with one attached hydrogen (secondary N) is 2. The lowest BCUT2D eigenvalue weighted by Crippen LogP contribution is -2.49. The highest BCUT2D eigenvalue weighted by Crippen LogP contribution is 2.24. The van der Waals surface area contributed by atoms with E-state index in [1.54, 1.807) is 23.0 Å². The van der Waals surface area contributed by atoms with Crippen LogP contribution in [0.3, 0.4) is 0 Å². The Balaban J connectivity index is 1.41. The zero-order chi connectivity index (χ0) is 28.1. The molecule has 2 heterocycles. The smallest absolute Gasteiger partial charge is 0.388 e. The molecule has 1 aromatic heterocycles. The van der Waals surface area contributed by atoms with Crippen molar-refractivity contribution >= 4 is 17.5 Å². The summed E-state index contributed by atoms with van der Waals surface area (Å²) in [6.45, 7) is 8.27. The zero-order valence-electron chi connectivity index (χ0n) is 23.2. The number of aromatic nitrogens is 2. The largest absolute Gasteiger partial charge is 0.437 e. The number of hydrazine groups is 1. The number of rotatable bonds is 11. The van der Waals surface area contributed by atoms with Gasteiger partial charge in [0.1, 0.15) is 6.54 Å². The molecule has 0 fully saturated rings. The van der Waals surface area contributed by atoms with E-state index in [-0.39, 0.29) is 36.8 Å². The van der Waals surface area contributed by atoms with E-state index in [1.807, 2.05) is 50.0 Å². The maximum absolute atomic E-state index is 13.3. The Bertz CT molecular complexity index is 1360. The van der Waals surface area contributed by atoms with Crippen LogP contribution in [0.4, 0.5) is 5.69 Å². The summed E-state index contributed by atoms with van der Waals surface area (Å²) in [7, 11) is 3.28. The topological polar surface area (TPSA) is 116 Å². The third-order valence-corrected chi connectivity index (χ3v) is 6.83. The quantitative estimate of drug-likeness (QED) is 0.383. The summed E-state index contributed by atoms with van der Waals surface area (Å²) in [5.41, 5.74) is 4.67. The van der Waals surface area contributed by atoms with Gasteiger partial charge in [-0.05, 0) is 35.7 Å². The molecular weight excluding hydrogens is 498 g/mol. The Labute approximate surface area is 228 Å².